The van der Waals surface area contributed by atoms with Crippen molar-refractivity contribution in [3.8, 4) is 0 Å². The molecule has 0 atom stereocenters. The molecule has 6 nitrogen and oxygen atoms in total. The molecule has 0 radical (unpaired) electrons. The molecule has 19 heavy (non-hydrogen) atoms. The lowest BCUT2D eigenvalue weighted by Gasteiger charge is -2.22. The predicted molar refractivity (Wildman–Crippen MR) is 69.6 cm³/mol. The number of oxazole rings is 1. The number of hydrogen-bond donors (Lipinski definition) is 2. The number of hydrogen-bond acceptors (Lipinski definition) is 5. The van der Waals surface area contributed by atoms with Crippen molar-refractivity contribution in [2.24, 2.45) is 0 Å². The third kappa shape index (κ3) is 4.65. The van der Waals surface area contributed by atoms with Crippen LogP contribution in [0.5, 0.6) is 0 Å². The van der Waals surface area contributed by atoms with E-state index in [4.69, 9.17) is 9.15 Å². The van der Waals surface area contributed by atoms with Crippen LogP contribution in [0.1, 0.15) is 31.4 Å². The van der Waals surface area contributed by atoms with Gasteiger partial charge in [0.2, 0.25) is 11.8 Å². The van der Waals surface area contributed by atoms with E-state index in [0.29, 0.717) is 12.4 Å². The number of rotatable bonds is 6. The predicted octanol–water partition coefficient (Wildman–Crippen LogP) is 0.622. The van der Waals surface area contributed by atoms with Gasteiger partial charge in [-0.15, -0.1) is 0 Å². The average Bonchev–Trinajstić information content (AvgIpc) is 2.92. The molecule has 2 heterocycles. The van der Waals surface area contributed by atoms with Crippen LogP contribution < -0.4 is 10.6 Å². The Labute approximate surface area is 112 Å². The molecule has 106 valence electrons. The van der Waals surface area contributed by atoms with Gasteiger partial charge in [0.1, 0.15) is 12.4 Å². The number of nitrogens with one attached hydrogen (secondary N) is 2. The van der Waals surface area contributed by atoms with Crippen LogP contribution in [-0.2, 0) is 22.5 Å². The van der Waals surface area contributed by atoms with Crippen molar-refractivity contribution in [3.05, 3.63) is 17.8 Å². The minimum atomic E-state index is -0.130. The maximum absolute atomic E-state index is 11.6. The van der Waals surface area contributed by atoms with Gasteiger partial charge in [0.05, 0.1) is 18.8 Å². The molecular weight excluding hydrogens is 246 g/mol. The zero-order chi connectivity index (χ0) is 13.5. The Morgan fingerprint density at radius 1 is 1.58 bits per heavy atom. The smallest absolute Gasteiger partial charge is 0.246 e. The largest absolute Gasteiger partial charge is 0.444 e. The summed E-state index contributed by atoms with van der Waals surface area (Å²) in [6.07, 6.45) is 4.62. The summed E-state index contributed by atoms with van der Waals surface area (Å²) >= 11 is 0. The maximum atomic E-state index is 11.6. The number of aryl methyl sites for hydroxylation is 1. The minimum absolute atomic E-state index is 0.103. The molecule has 2 rings (SSSR count). The van der Waals surface area contributed by atoms with Crippen molar-refractivity contribution < 1.29 is 13.9 Å². The van der Waals surface area contributed by atoms with Gasteiger partial charge in [-0.25, -0.2) is 4.98 Å². The van der Waals surface area contributed by atoms with Gasteiger partial charge in [-0.1, -0.05) is 6.92 Å². The molecule has 1 saturated heterocycles. The number of carbonyl (C=O) groups excluding carboxylic acids is 1. The summed E-state index contributed by atoms with van der Waals surface area (Å²) in [6, 6.07) is 0. The molecule has 1 aliphatic heterocycles. The van der Waals surface area contributed by atoms with Crippen molar-refractivity contribution in [2.75, 3.05) is 19.7 Å². The SMILES string of the molecule is CCc1cnc(CNC(=O)COC2CCNCC2)o1. The molecule has 0 aliphatic carbocycles. The zero-order valence-electron chi connectivity index (χ0n) is 11.3. The summed E-state index contributed by atoms with van der Waals surface area (Å²) in [5.74, 6) is 1.23. The minimum Gasteiger partial charge on any atom is -0.444 e. The quantitative estimate of drug-likeness (QED) is 0.790. The summed E-state index contributed by atoms with van der Waals surface area (Å²) in [5, 5.41) is 6.00. The van der Waals surface area contributed by atoms with Gasteiger partial charge in [-0.3, -0.25) is 4.79 Å². The van der Waals surface area contributed by atoms with Crippen molar-refractivity contribution in [2.45, 2.75) is 38.8 Å². The number of ether oxygens (including phenoxy) is 1. The van der Waals surface area contributed by atoms with Crippen LogP contribution in [0.15, 0.2) is 10.6 Å². The Morgan fingerprint density at radius 2 is 2.37 bits per heavy atom. The van der Waals surface area contributed by atoms with E-state index in [1.807, 2.05) is 6.92 Å². The van der Waals surface area contributed by atoms with Gasteiger partial charge in [-0.2, -0.15) is 0 Å². The highest BCUT2D eigenvalue weighted by Crippen LogP contribution is 2.07. The molecule has 6 heteroatoms. The van der Waals surface area contributed by atoms with Gasteiger partial charge in [-0.05, 0) is 25.9 Å². The molecule has 1 aromatic rings. The maximum Gasteiger partial charge on any atom is 0.246 e. The Balaban J connectivity index is 1.63. The van der Waals surface area contributed by atoms with Gasteiger partial charge in [0.25, 0.3) is 0 Å². The Bertz CT molecular complexity index is 400. The standard InChI is InChI=1S/C13H21N3O3/c1-2-10-7-16-13(19-10)8-15-12(17)9-18-11-3-5-14-6-4-11/h7,11,14H,2-6,8-9H2,1H3,(H,15,17). The van der Waals surface area contributed by atoms with Crippen LogP contribution >= 0.6 is 0 Å². The molecule has 0 spiro atoms. The average molecular weight is 267 g/mol. The molecule has 1 fully saturated rings. The number of carbonyl (C=O) groups is 1. The Hall–Kier alpha value is -1.40. The van der Waals surface area contributed by atoms with Crippen LogP contribution in [0.25, 0.3) is 0 Å². The fourth-order valence-corrected chi connectivity index (χ4v) is 1.97. The van der Waals surface area contributed by atoms with E-state index in [0.717, 1.165) is 38.1 Å². The number of aromatic nitrogens is 1. The summed E-state index contributed by atoms with van der Waals surface area (Å²) in [6.45, 7) is 4.33. The van der Waals surface area contributed by atoms with E-state index < -0.39 is 0 Å². The first-order valence-electron chi connectivity index (χ1n) is 6.80. The lowest BCUT2D eigenvalue weighted by molar-refractivity contribution is -0.128. The van der Waals surface area contributed by atoms with E-state index in [2.05, 4.69) is 15.6 Å². The highest BCUT2D eigenvalue weighted by molar-refractivity contribution is 5.77. The number of amides is 1. The van der Waals surface area contributed by atoms with Crippen LogP contribution in [0.4, 0.5) is 0 Å². The van der Waals surface area contributed by atoms with Crippen molar-refractivity contribution in [1.29, 1.82) is 0 Å². The highest BCUT2D eigenvalue weighted by atomic mass is 16.5. The summed E-state index contributed by atoms with van der Waals surface area (Å²) in [4.78, 5) is 15.7. The second-order valence-electron chi connectivity index (χ2n) is 4.61. The third-order valence-corrected chi connectivity index (χ3v) is 3.12. The van der Waals surface area contributed by atoms with Crippen LogP contribution in [0.3, 0.4) is 0 Å². The van der Waals surface area contributed by atoms with Gasteiger partial charge in [0.15, 0.2) is 0 Å². The zero-order valence-corrected chi connectivity index (χ0v) is 11.3. The van der Waals surface area contributed by atoms with E-state index in [1.54, 1.807) is 6.20 Å². The molecular formula is C13H21N3O3. The lowest BCUT2D eigenvalue weighted by Crippen LogP contribution is -2.35. The molecule has 1 amide bonds. The van der Waals surface area contributed by atoms with Gasteiger partial charge in [0, 0.05) is 6.42 Å². The highest BCUT2D eigenvalue weighted by Gasteiger charge is 2.14. The number of piperidine rings is 1. The second kappa shape index (κ2) is 7.25. The molecule has 0 unspecified atom stereocenters. The third-order valence-electron chi connectivity index (χ3n) is 3.12. The topological polar surface area (TPSA) is 76.4 Å². The fraction of sp³-hybridized carbons (Fsp3) is 0.692. The summed E-state index contributed by atoms with van der Waals surface area (Å²) in [5.41, 5.74) is 0. The molecule has 1 aliphatic rings. The summed E-state index contributed by atoms with van der Waals surface area (Å²) in [7, 11) is 0. The second-order valence-corrected chi connectivity index (χ2v) is 4.61. The first kappa shape index (κ1) is 14.0. The van der Waals surface area contributed by atoms with Gasteiger partial charge >= 0.3 is 0 Å². The molecule has 0 aromatic carbocycles. The van der Waals surface area contributed by atoms with Crippen molar-refractivity contribution in [1.82, 2.24) is 15.6 Å². The van der Waals surface area contributed by atoms with Crippen LogP contribution in [0.2, 0.25) is 0 Å². The molecule has 0 bridgehead atoms. The first-order valence-corrected chi connectivity index (χ1v) is 6.80. The van der Waals surface area contributed by atoms with E-state index in [-0.39, 0.29) is 18.6 Å². The Kier molecular flexibility index (Phi) is 5.35. The normalized spacial score (nSPS) is 16.5. The first-order chi connectivity index (χ1) is 9.28. The lowest BCUT2D eigenvalue weighted by atomic mass is 10.1. The van der Waals surface area contributed by atoms with Gasteiger partial charge < -0.3 is 19.8 Å². The van der Waals surface area contributed by atoms with Crippen molar-refractivity contribution in [3.63, 3.8) is 0 Å². The monoisotopic (exact) mass is 267 g/mol. The molecule has 0 saturated carbocycles. The molecule has 1 aromatic heterocycles. The number of nitrogens with zero attached hydrogens (tertiary/aromatic N) is 1. The van der Waals surface area contributed by atoms with Crippen LogP contribution in [-0.4, -0.2) is 36.7 Å². The van der Waals surface area contributed by atoms with E-state index >= 15 is 0 Å². The van der Waals surface area contributed by atoms with E-state index in [1.165, 1.54) is 0 Å². The summed E-state index contributed by atoms with van der Waals surface area (Å²) < 4.78 is 11.0. The van der Waals surface area contributed by atoms with Crippen molar-refractivity contribution >= 4 is 5.91 Å². The van der Waals surface area contributed by atoms with Crippen LogP contribution in [0, 0.1) is 0 Å². The van der Waals surface area contributed by atoms with E-state index in [9.17, 15) is 4.79 Å². The fourth-order valence-electron chi connectivity index (χ4n) is 1.97. The Morgan fingerprint density at radius 3 is 3.05 bits per heavy atom. The molecule has 2 N–H and O–H groups in total.